The van der Waals surface area contributed by atoms with Gasteiger partial charge in [-0.1, -0.05) is 0 Å². The monoisotopic (exact) mass is 209 g/mol. The Morgan fingerprint density at radius 3 is 2.67 bits per heavy atom. The van der Waals surface area contributed by atoms with Crippen LogP contribution in [0.15, 0.2) is 12.5 Å². The molecule has 0 aliphatic carbocycles. The summed E-state index contributed by atoms with van der Waals surface area (Å²) < 4.78 is 7.14. The van der Waals surface area contributed by atoms with E-state index >= 15 is 0 Å². The van der Waals surface area contributed by atoms with Gasteiger partial charge in [0.05, 0.1) is 30.4 Å². The number of nitriles is 1. The first-order valence-electron chi connectivity index (χ1n) is 4.75. The van der Waals surface area contributed by atoms with E-state index in [1.807, 2.05) is 6.07 Å². The molecular weight excluding hydrogens is 194 g/mol. The van der Waals surface area contributed by atoms with E-state index in [1.165, 1.54) is 0 Å². The van der Waals surface area contributed by atoms with Gasteiger partial charge in [-0.15, -0.1) is 0 Å². The number of rotatable bonds is 4. The summed E-state index contributed by atoms with van der Waals surface area (Å²) in [5.41, 5.74) is 0.685. The molecule has 0 bridgehead atoms. The van der Waals surface area contributed by atoms with Crippen LogP contribution in [0.4, 0.5) is 0 Å². The van der Waals surface area contributed by atoms with Gasteiger partial charge in [0.1, 0.15) is 6.07 Å². The zero-order valence-corrected chi connectivity index (χ0v) is 9.08. The fourth-order valence-corrected chi connectivity index (χ4v) is 1.11. The van der Waals surface area contributed by atoms with Gasteiger partial charge < -0.3 is 14.4 Å². The second-order valence-electron chi connectivity index (χ2n) is 3.52. The van der Waals surface area contributed by atoms with Crippen molar-refractivity contribution in [1.29, 1.82) is 5.26 Å². The molecule has 82 valence electrons. The zero-order chi connectivity index (χ0) is 11.4. The average molecular weight is 209 g/mol. The minimum Gasteiger partial charge on any atom is -0.391 e. The van der Waals surface area contributed by atoms with E-state index in [0.29, 0.717) is 5.69 Å². The third kappa shape index (κ3) is 2.78. The Hall–Kier alpha value is -1.38. The lowest BCUT2D eigenvalue weighted by molar-refractivity contribution is -0.0446. The molecule has 5 heteroatoms. The van der Waals surface area contributed by atoms with Crippen LogP contribution in [0.1, 0.15) is 25.6 Å². The summed E-state index contributed by atoms with van der Waals surface area (Å²) in [6.07, 6.45) is 1.51. The van der Waals surface area contributed by atoms with E-state index < -0.39 is 12.2 Å². The molecule has 0 amide bonds. The smallest absolute Gasteiger partial charge is 0.185 e. The molecular formula is C10H15N3O2. The van der Waals surface area contributed by atoms with Crippen molar-refractivity contribution in [2.75, 3.05) is 0 Å². The van der Waals surface area contributed by atoms with Gasteiger partial charge in [0.15, 0.2) is 6.10 Å². The SMILES string of the molecule is CC(O)C(C)OC(C#N)c1cncn1C. The molecule has 3 atom stereocenters. The Bertz CT molecular complexity index is 354. The number of nitrogens with zero attached hydrogens (tertiary/aromatic N) is 3. The Morgan fingerprint density at radius 1 is 1.60 bits per heavy atom. The lowest BCUT2D eigenvalue weighted by Gasteiger charge is -2.19. The van der Waals surface area contributed by atoms with Gasteiger partial charge in [-0.05, 0) is 13.8 Å². The van der Waals surface area contributed by atoms with Crippen LogP contribution in [0.5, 0.6) is 0 Å². The fraction of sp³-hybridized carbons (Fsp3) is 0.600. The lowest BCUT2D eigenvalue weighted by atomic mass is 10.2. The summed E-state index contributed by atoms with van der Waals surface area (Å²) in [6.45, 7) is 3.35. The number of ether oxygens (including phenoxy) is 1. The lowest BCUT2D eigenvalue weighted by Crippen LogP contribution is -2.25. The number of imidazole rings is 1. The minimum absolute atomic E-state index is 0.385. The van der Waals surface area contributed by atoms with Gasteiger partial charge in [0, 0.05) is 7.05 Å². The molecule has 0 aromatic carbocycles. The van der Waals surface area contributed by atoms with E-state index in [4.69, 9.17) is 10.00 Å². The van der Waals surface area contributed by atoms with Crippen LogP contribution >= 0.6 is 0 Å². The molecule has 0 spiro atoms. The highest BCUT2D eigenvalue weighted by Crippen LogP contribution is 2.18. The second-order valence-corrected chi connectivity index (χ2v) is 3.52. The number of aromatic nitrogens is 2. The van der Waals surface area contributed by atoms with Crippen molar-refractivity contribution < 1.29 is 9.84 Å². The standard InChI is InChI=1S/C10H15N3O2/c1-7(14)8(2)15-10(4-11)9-5-12-6-13(9)3/h5-8,10,14H,1-3H3. The van der Waals surface area contributed by atoms with Crippen LogP contribution in [-0.4, -0.2) is 26.9 Å². The van der Waals surface area contributed by atoms with Gasteiger partial charge in [-0.3, -0.25) is 0 Å². The molecule has 0 saturated heterocycles. The molecule has 0 fully saturated rings. The number of aliphatic hydroxyl groups is 1. The van der Waals surface area contributed by atoms with Crippen molar-refractivity contribution in [3.8, 4) is 6.07 Å². The Morgan fingerprint density at radius 2 is 2.27 bits per heavy atom. The van der Waals surface area contributed by atoms with E-state index in [9.17, 15) is 5.11 Å². The molecule has 5 nitrogen and oxygen atoms in total. The van der Waals surface area contributed by atoms with Gasteiger partial charge >= 0.3 is 0 Å². The van der Waals surface area contributed by atoms with Crippen LogP contribution in [0.2, 0.25) is 0 Å². The third-order valence-electron chi connectivity index (χ3n) is 2.27. The summed E-state index contributed by atoms with van der Waals surface area (Å²) in [7, 11) is 1.79. The van der Waals surface area contributed by atoms with E-state index in [2.05, 4.69) is 4.98 Å². The van der Waals surface area contributed by atoms with Crippen molar-refractivity contribution in [2.24, 2.45) is 7.05 Å². The molecule has 1 aromatic rings. The van der Waals surface area contributed by atoms with E-state index in [1.54, 1.807) is 38.0 Å². The van der Waals surface area contributed by atoms with Crippen molar-refractivity contribution >= 4 is 0 Å². The van der Waals surface area contributed by atoms with Gasteiger partial charge in [0.25, 0.3) is 0 Å². The molecule has 1 heterocycles. The molecule has 1 aromatic heterocycles. The normalized spacial score (nSPS) is 16.7. The number of aliphatic hydroxyl groups excluding tert-OH is 1. The minimum atomic E-state index is -0.693. The summed E-state index contributed by atoms with van der Waals surface area (Å²) in [6, 6.07) is 2.04. The first-order valence-corrected chi connectivity index (χ1v) is 4.75. The highest BCUT2D eigenvalue weighted by Gasteiger charge is 2.20. The van der Waals surface area contributed by atoms with Crippen LogP contribution in [0.3, 0.4) is 0 Å². The largest absolute Gasteiger partial charge is 0.391 e. The van der Waals surface area contributed by atoms with Crippen LogP contribution in [0.25, 0.3) is 0 Å². The van der Waals surface area contributed by atoms with Gasteiger partial charge in [-0.2, -0.15) is 5.26 Å². The molecule has 15 heavy (non-hydrogen) atoms. The predicted molar refractivity (Wildman–Crippen MR) is 53.8 cm³/mol. The van der Waals surface area contributed by atoms with E-state index in [-0.39, 0.29) is 6.10 Å². The van der Waals surface area contributed by atoms with Crippen LogP contribution < -0.4 is 0 Å². The number of hydrogen-bond acceptors (Lipinski definition) is 4. The topological polar surface area (TPSA) is 71.1 Å². The summed E-state index contributed by atoms with van der Waals surface area (Å²) in [5, 5.41) is 18.2. The first kappa shape index (κ1) is 11.7. The maximum atomic E-state index is 9.28. The predicted octanol–water partition coefficient (Wildman–Crippen LogP) is 0.771. The molecule has 0 aliphatic heterocycles. The quantitative estimate of drug-likeness (QED) is 0.795. The fourth-order valence-electron chi connectivity index (χ4n) is 1.11. The molecule has 0 radical (unpaired) electrons. The third-order valence-corrected chi connectivity index (χ3v) is 2.27. The molecule has 3 unspecified atom stereocenters. The van der Waals surface area contributed by atoms with Crippen molar-refractivity contribution in [2.45, 2.75) is 32.2 Å². The van der Waals surface area contributed by atoms with Gasteiger partial charge in [-0.25, -0.2) is 4.98 Å². The summed E-state index contributed by atoms with van der Waals surface area (Å²) in [5.74, 6) is 0. The van der Waals surface area contributed by atoms with Crippen molar-refractivity contribution in [3.63, 3.8) is 0 Å². The first-order chi connectivity index (χ1) is 7.06. The van der Waals surface area contributed by atoms with Crippen molar-refractivity contribution in [1.82, 2.24) is 9.55 Å². The zero-order valence-electron chi connectivity index (χ0n) is 9.08. The Kier molecular flexibility index (Phi) is 3.83. The average Bonchev–Trinajstić information content (AvgIpc) is 2.60. The van der Waals surface area contributed by atoms with Crippen molar-refractivity contribution in [3.05, 3.63) is 18.2 Å². The van der Waals surface area contributed by atoms with Crippen LogP contribution in [-0.2, 0) is 11.8 Å². The second kappa shape index (κ2) is 4.91. The molecule has 1 rings (SSSR count). The highest BCUT2D eigenvalue weighted by molar-refractivity contribution is 5.10. The summed E-state index contributed by atoms with van der Waals surface area (Å²) in [4.78, 5) is 3.91. The van der Waals surface area contributed by atoms with E-state index in [0.717, 1.165) is 0 Å². The molecule has 0 saturated carbocycles. The molecule has 0 aliphatic rings. The Labute approximate surface area is 88.9 Å². The Balaban J connectivity index is 2.75. The maximum Gasteiger partial charge on any atom is 0.185 e. The van der Waals surface area contributed by atoms with Gasteiger partial charge in [0.2, 0.25) is 0 Å². The molecule has 1 N–H and O–H groups in total. The maximum absolute atomic E-state index is 9.28. The summed E-state index contributed by atoms with van der Waals surface area (Å²) >= 11 is 0. The number of hydrogen-bond donors (Lipinski definition) is 1. The van der Waals surface area contributed by atoms with Crippen LogP contribution in [0, 0.1) is 11.3 Å². The number of aryl methyl sites for hydroxylation is 1. The highest BCUT2D eigenvalue weighted by atomic mass is 16.5.